The summed E-state index contributed by atoms with van der Waals surface area (Å²) in [6, 6.07) is 12.7. The molecule has 0 atom stereocenters. The topological polar surface area (TPSA) is 68.5 Å². The lowest BCUT2D eigenvalue weighted by atomic mass is 10.1. The van der Waals surface area contributed by atoms with Gasteiger partial charge in [0.15, 0.2) is 14.6 Å². The first-order chi connectivity index (χ1) is 13.2. The first kappa shape index (κ1) is 20.5. The summed E-state index contributed by atoms with van der Waals surface area (Å²) < 4.78 is 27.5. The molecule has 0 aliphatic carbocycles. The van der Waals surface area contributed by atoms with E-state index in [1.807, 2.05) is 18.4 Å². The molecule has 3 rings (SSSR count). The monoisotopic (exact) mass is 416 g/mol. The van der Waals surface area contributed by atoms with Crippen LogP contribution >= 0.6 is 11.3 Å². The van der Waals surface area contributed by atoms with Gasteiger partial charge in [0.2, 0.25) is 0 Å². The first-order valence-electron chi connectivity index (χ1n) is 9.22. The minimum Gasteiger partial charge on any atom is -0.317 e. The average Bonchev–Trinajstić information content (AvgIpc) is 2.97. The first-order valence-corrected chi connectivity index (χ1v) is 11.6. The van der Waals surface area contributed by atoms with Gasteiger partial charge in [-0.1, -0.05) is 29.5 Å². The Morgan fingerprint density at radius 2 is 1.82 bits per heavy atom. The summed E-state index contributed by atoms with van der Waals surface area (Å²) in [5.41, 5.74) is 3.00. The number of sulfone groups is 1. The fourth-order valence-electron chi connectivity index (χ4n) is 2.96. The number of carbonyl (C=O) groups excluding carboxylic acids is 1. The molecule has 7 heteroatoms. The molecule has 1 aromatic heterocycles. The lowest BCUT2D eigenvalue weighted by molar-refractivity contribution is -0.117. The van der Waals surface area contributed by atoms with Crippen molar-refractivity contribution in [2.45, 2.75) is 50.8 Å². The van der Waals surface area contributed by atoms with Crippen molar-refractivity contribution in [1.82, 2.24) is 4.57 Å². The van der Waals surface area contributed by atoms with E-state index in [4.69, 9.17) is 0 Å². The van der Waals surface area contributed by atoms with Gasteiger partial charge in [-0.25, -0.2) is 8.42 Å². The lowest BCUT2D eigenvalue weighted by Crippen LogP contribution is -2.16. The Kier molecular flexibility index (Phi) is 5.86. The molecule has 1 heterocycles. The molecule has 0 spiro atoms. The van der Waals surface area contributed by atoms with Crippen molar-refractivity contribution in [3.8, 4) is 0 Å². The van der Waals surface area contributed by atoms with E-state index in [1.54, 1.807) is 38.1 Å². The third-order valence-corrected chi connectivity index (χ3v) is 7.81. The molecule has 2 aromatic carbocycles. The smallest absolute Gasteiger partial charge is 0.252 e. The maximum Gasteiger partial charge on any atom is 0.252 e. The van der Waals surface area contributed by atoms with E-state index in [-0.39, 0.29) is 17.2 Å². The minimum absolute atomic E-state index is 0.138. The van der Waals surface area contributed by atoms with Crippen LogP contribution in [0.3, 0.4) is 0 Å². The zero-order valence-electron chi connectivity index (χ0n) is 16.5. The van der Waals surface area contributed by atoms with E-state index >= 15 is 0 Å². The van der Waals surface area contributed by atoms with Crippen LogP contribution in [0.4, 0.5) is 0 Å². The van der Waals surface area contributed by atoms with Gasteiger partial charge < -0.3 is 4.57 Å². The number of aromatic nitrogens is 1. The van der Waals surface area contributed by atoms with Crippen molar-refractivity contribution < 1.29 is 13.2 Å². The van der Waals surface area contributed by atoms with Crippen molar-refractivity contribution in [1.29, 1.82) is 0 Å². The number of fused-ring (bicyclic) bond motifs is 1. The number of rotatable bonds is 5. The second-order valence-electron chi connectivity index (χ2n) is 7.02. The fraction of sp³-hybridized carbons (Fsp3) is 0.333. The van der Waals surface area contributed by atoms with Gasteiger partial charge in [-0.15, -0.1) is 0 Å². The molecule has 0 saturated heterocycles. The molecule has 0 aliphatic rings. The molecule has 0 unspecified atom stereocenters. The Morgan fingerprint density at radius 1 is 1.14 bits per heavy atom. The molecule has 28 heavy (non-hydrogen) atoms. The Morgan fingerprint density at radius 3 is 2.43 bits per heavy atom. The highest BCUT2D eigenvalue weighted by atomic mass is 32.2. The summed E-state index contributed by atoms with van der Waals surface area (Å²) >= 11 is 1.51. The Hall–Kier alpha value is -2.25. The highest BCUT2D eigenvalue weighted by Gasteiger charge is 2.18. The normalized spacial score (nSPS) is 12.8. The number of carbonyl (C=O) groups is 1. The van der Waals surface area contributed by atoms with Gasteiger partial charge in [0.1, 0.15) is 0 Å². The molecule has 0 saturated carbocycles. The third kappa shape index (κ3) is 4.10. The molecule has 0 N–H and O–H groups in total. The summed E-state index contributed by atoms with van der Waals surface area (Å²) in [5, 5.41) is -0.476. The maximum absolute atomic E-state index is 12.5. The van der Waals surface area contributed by atoms with Gasteiger partial charge in [-0.2, -0.15) is 4.99 Å². The van der Waals surface area contributed by atoms with Gasteiger partial charge in [0.25, 0.3) is 5.91 Å². The lowest BCUT2D eigenvalue weighted by Gasteiger charge is -2.08. The third-order valence-electron chi connectivity index (χ3n) is 4.60. The van der Waals surface area contributed by atoms with Gasteiger partial charge >= 0.3 is 0 Å². The highest BCUT2D eigenvalue weighted by Crippen LogP contribution is 2.19. The standard InChI is InChI=1S/C21H24N2O3S2/c1-5-23-18-11-6-15(4)12-19(18)27-21(23)22-20(24)13-16-7-9-17(10-8-16)28(25,26)14(2)3/h6-12,14H,5,13H2,1-4H3. The Bertz CT molecular complexity index is 1180. The van der Waals surface area contributed by atoms with E-state index < -0.39 is 15.1 Å². The highest BCUT2D eigenvalue weighted by molar-refractivity contribution is 7.92. The van der Waals surface area contributed by atoms with Crippen molar-refractivity contribution >= 4 is 37.3 Å². The van der Waals surface area contributed by atoms with Crippen LogP contribution < -0.4 is 4.80 Å². The molecule has 0 aliphatic heterocycles. The van der Waals surface area contributed by atoms with Gasteiger partial charge in [-0.05, 0) is 63.1 Å². The van der Waals surface area contributed by atoms with E-state index in [0.29, 0.717) is 4.80 Å². The number of hydrogen-bond acceptors (Lipinski definition) is 4. The molecular formula is C21H24N2O3S2. The zero-order valence-corrected chi connectivity index (χ0v) is 18.1. The van der Waals surface area contributed by atoms with E-state index in [2.05, 4.69) is 23.2 Å². The summed E-state index contributed by atoms with van der Waals surface area (Å²) in [6.07, 6.45) is 0.138. The molecule has 1 amide bonds. The predicted octanol–water partition coefficient (Wildman–Crippen LogP) is 3.88. The second-order valence-corrected chi connectivity index (χ2v) is 10.5. The minimum atomic E-state index is -3.31. The van der Waals surface area contributed by atoms with Crippen molar-refractivity contribution in [2.75, 3.05) is 0 Å². The fourth-order valence-corrected chi connectivity index (χ4v) is 5.23. The number of hydrogen-bond donors (Lipinski definition) is 0. The quantitative estimate of drug-likeness (QED) is 0.634. The van der Waals surface area contributed by atoms with Gasteiger partial charge in [0, 0.05) is 6.54 Å². The van der Waals surface area contributed by atoms with Crippen LogP contribution in [0, 0.1) is 6.92 Å². The van der Waals surface area contributed by atoms with Crippen LogP contribution in [0.25, 0.3) is 10.2 Å². The Labute approximate surface area is 169 Å². The van der Waals surface area contributed by atoms with Crippen LogP contribution in [-0.4, -0.2) is 24.1 Å². The average molecular weight is 417 g/mol. The molecule has 5 nitrogen and oxygen atoms in total. The van der Waals surface area contributed by atoms with Crippen molar-refractivity contribution in [3.63, 3.8) is 0 Å². The molecule has 148 valence electrons. The second kappa shape index (κ2) is 8.01. The van der Waals surface area contributed by atoms with Crippen LogP contribution in [0.15, 0.2) is 52.4 Å². The predicted molar refractivity (Wildman–Crippen MR) is 113 cm³/mol. The van der Waals surface area contributed by atoms with Crippen molar-refractivity contribution in [3.05, 3.63) is 58.4 Å². The van der Waals surface area contributed by atoms with E-state index in [9.17, 15) is 13.2 Å². The molecule has 0 bridgehead atoms. The van der Waals surface area contributed by atoms with E-state index in [1.165, 1.54) is 16.9 Å². The molecule has 0 radical (unpaired) electrons. The summed E-state index contributed by atoms with van der Waals surface area (Å²) in [7, 11) is -3.31. The summed E-state index contributed by atoms with van der Waals surface area (Å²) in [6.45, 7) is 8.11. The van der Waals surface area contributed by atoms with Crippen LogP contribution in [0.2, 0.25) is 0 Å². The summed E-state index contributed by atoms with van der Waals surface area (Å²) in [5.74, 6) is -0.245. The maximum atomic E-state index is 12.5. The van der Waals surface area contributed by atoms with Crippen molar-refractivity contribution in [2.24, 2.45) is 4.99 Å². The van der Waals surface area contributed by atoms with Gasteiger partial charge in [0.05, 0.1) is 26.8 Å². The number of aryl methyl sites for hydroxylation is 2. The van der Waals surface area contributed by atoms with Crippen LogP contribution in [0.1, 0.15) is 31.9 Å². The van der Waals surface area contributed by atoms with Gasteiger partial charge in [-0.3, -0.25) is 4.79 Å². The SMILES string of the molecule is CCn1c(=NC(=O)Cc2ccc(S(=O)(=O)C(C)C)cc2)sc2cc(C)ccc21. The zero-order chi connectivity index (χ0) is 20.5. The van der Waals surface area contributed by atoms with Crippen LogP contribution in [-0.2, 0) is 27.6 Å². The van der Waals surface area contributed by atoms with Crippen LogP contribution in [0.5, 0.6) is 0 Å². The summed E-state index contributed by atoms with van der Waals surface area (Å²) in [4.78, 5) is 17.8. The number of thiazole rings is 1. The largest absolute Gasteiger partial charge is 0.317 e. The molecule has 3 aromatic rings. The number of nitrogens with zero attached hydrogens (tertiary/aromatic N) is 2. The molecule has 0 fully saturated rings. The van der Waals surface area contributed by atoms with E-state index in [0.717, 1.165) is 22.3 Å². The number of benzene rings is 2. The Balaban J connectivity index is 1.87. The molecular weight excluding hydrogens is 392 g/mol. The number of amides is 1.